The van der Waals surface area contributed by atoms with Crippen LogP contribution >= 0.6 is 11.3 Å². The summed E-state index contributed by atoms with van der Waals surface area (Å²) >= 11 is 1.37. The van der Waals surface area contributed by atoms with Crippen LogP contribution in [0, 0.1) is 0 Å². The van der Waals surface area contributed by atoms with Crippen LogP contribution in [-0.4, -0.2) is 24.9 Å². The number of hydrogen-bond acceptors (Lipinski definition) is 5. The Bertz CT molecular complexity index is 480. The summed E-state index contributed by atoms with van der Waals surface area (Å²) in [6, 6.07) is 0. The molecule has 5 nitrogen and oxygen atoms in total. The SMILES string of the molecule is CC(O)c1nn2c(C(C)(C)C)nnc2s1. The van der Waals surface area contributed by atoms with Gasteiger partial charge < -0.3 is 5.11 Å². The quantitative estimate of drug-likeness (QED) is 0.801. The Morgan fingerprint density at radius 3 is 2.53 bits per heavy atom. The molecule has 0 fully saturated rings. The third-order valence-corrected chi connectivity index (χ3v) is 3.10. The molecular formula is C9H14N4OS. The van der Waals surface area contributed by atoms with Crippen molar-refractivity contribution in [2.75, 3.05) is 0 Å². The molecule has 82 valence electrons. The van der Waals surface area contributed by atoms with Gasteiger partial charge in [0.1, 0.15) is 11.1 Å². The Hall–Kier alpha value is -1.01. The lowest BCUT2D eigenvalue weighted by Crippen LogP contribution is -2.16. The van der Waals surface area contributed by atoms with Crippen LogP contribution in [0.15, 0.2) is 0 Å². The molecule has 15 heavy (non-hydrogen) atoms. The zero-order chi connectivity index (χ0) is 11.2. The van der Waals surface area contributed by atoms with Gasteiger partial charge in [-0.25, -0.2) is 0 Å². The summed E-state index contributed by atoms with van der Waals surface area (Å²) < 4.78 is 1.72. The van der Waals surface area contributed by atoms with E-state index in [1.165, 1.54) is 11.3 Å². The fourth-order valence-corrected chi connectivity index (χ4v) is 2.04. The number of aliphatic hydroxyl groups excluding tert-OH is 1. The van der Waals surface area contributed by atoms with Crippen molar-refractivity contribution in [2.45, 2.75) is 39.2 Å². The van der Waals surface area contributed by atoms with Gasteiger partial charge >= 0.3 is 0 Å². The molecule has 0 radical (unpaired) electrons. The first-order valence-electron chi connectivity index (χ1n) is 4.80. The van der Waals surface area contributed by atoms with E-state index >= 15 is 0 Å². The van der Waals surface area contributed by atoms with E-state index in [-0.39, 0.29) is 5.41 Å². The molecule has 0 saturated carbocycles. The molecule has 2 aromatic heterocycles. The lowest BCUT2D eigenvalue weighted by atomic mass is 9.96. The van der Waals surface area contributed by atoms with Crippen LogP contribution < -0.4 is 0 Å². The van der Waals surface area contributed by atoms with Crippen molar-refractivity contribution in [1.82, 2.24) is 19.8 Å². The maximum Gasteiger partial charge on any atom is 0.234 e. The highest BCUT2D eigenvalue weighted by Crippen LogP contribution is 2.25. The van der Waals surface area contributed by atoms with Crippen molar-refractivity contribution >= 4 is 16.3 Å². The van der Waals surface area contributed by atoms with E-state index < -0.39 is 6.10 Å². The minimum absolute atomic E-state index is 0.0938. The molecule has 1 N–H and O–H groups in total. The molecule has 0 saturated heterocycles. The molecule has 1 unspecified atom stereocenters. The molecule has 0 spiro atoms. The minimum atomic E-state index is -0.551. The summed E-state index contributed by atoms with van der Waals surface area (Å²) in [6.45, 7) is 7.88. The molecule has 1 atom stereocenters. The van der Waals surface area contributed by atoms with E-state index in [9.17, 15) is 5.11 Å². The molecule has 0 amide bonds. The minimum Gasteiger partial charge on any atom is -0.386 e. The lowest BCUT2D eigenvalue weighted by molar-refractivity contribution is 0.197. The average molecular weight is 226 g/mol. The van der Waals surface area contributed by atoms with E-state index in [2.05, 4.69) is 36.1 Å². The molecule has 2 rings (SSSR count). The van der Waals surface area contributed by atoms with Crippen LogP contribution in [0.4, 0.5) is 0 Å². The van der Waals surface area contributed by atoms with Crippen molar-refractivity contribution in [3.05, 3.63) is 10.8 Å². The molecule has 6 heteroatoms. The van der Waals surface area contributed by atoms with Gasteiger partial charge in [0.15, 0.2) is 5.82 Å². The zero-order valence-electron chi connectivity index (χ0n) is 9.22. The first-order valence-corrected chi connectivity index (χ1v) is 5.62. The zero-order valence-corrected chi connectivity index (χ0v) is 10.0. The van der Waals surface area contributed by atoms with Crippen LogP contribution in [0.25, 0.3) is 4.96 Å². The summed E-state index contributed by atoms with van der Waals surface area (Å²) in [7, 11) is 0. The number of hydrogen-bond donors (Lipinski definition) is 1. The summed E-state index contributed by atoms with van der Waals surface area (Å²) in [5, 5.41) is 22.5. The fourth-order valence-electron chi connectivity index (χ4n) is 1.27. The highest BCUT2D eigenvalue weighted by Gasteiger charge is 2.23. The second-order valence-corrected chi connectivity index (χ2v) is 5.57. The molecule has 0 aliphatic carbocycles. The van der Waals surface area contributed by atoms with Crippen LogP contribution in [-0.2, 0) is 5.41 Å². The van der Waals surface area contributed by atoms with E-state index in [1.54, 1.807) is 11.4 Å². The maximum atomic E-state index is 9.42. The summed E-state index contributed by atoms with van der Waals surface area (Å²) in [4.78, 5) is 0.732. The van der Waals surface area contributed by atoms with Gasteiger partial charge in [0.2, 0.25) is 4.96 Å². The highest BCUT2D eigenvalue weighted by molar-refractivity contribution is 7.16. The first kappa shape index (κ1) is 10.5. The van der Waals surface area contributed by atoms with Crippen LogP contribution in [0.1, 0.15) is 44.6 Å². The number of nitrogens with zero attached hydrogens (tertiary/aromatic N) is 4. The Kier molecular flexibility index (Phi) is 2.27. The average Bonchev–Trinajstić information content (AvgIpc) is 2.56. The second-order valence-electron chi connectivity index (χ2n) is 4.58. The Morgan fingerprint density at radius 2 is 2.00 bits per heavy atom. The molecule has 0 aliphatic heterocycles. The first-order chi connectivity index (χ1) is 6.89. The monoisotopic (exact) mass is 226 g/mol. The van der Waals surface area contributed by atoms with Gasteiger partial charge in [0, 0.05) is 5.41 Å². The predicted molar refractivity (Wildman–Crippen MR) is 58.0 cm³/mol. The van der Waals surface area contributed by atoms with Crippen molar-refractivity contribution in [1.29, 1.82) is 0 Å². The largest absolute Gasteiger partial charge is 0.386 e. The molecule has 2 aromatic rings. The van der Waals surface area contributed by atoms with Gasteiger partial charge in [-0.1, -0.05) is 32.1 Å². The lowest BCUT2D eigenvalue weighted by Gasteiger charge is -2.13. The van der Waals surface area contributed by atoms with Gasteiger partial charge in [-0.05, 0) is 6.92 Å². The number of fused-ring (bicyclic) bond motifs is 1. The summed E-state index contributed by atoms with van der Waals surface area (Å²) in [6.07, 6.45) is -0.551. The standard InChI is InChI=1S/C9H14N4OS/c1-5(14)6-12-13-7(9(2,3)4)10-11-8(13)15-6/h5,14H,1-4H3. The van der Waals surface area contributed by atoms with Crippen LogP contribution in [0.5, 0.6) is 0 Å². The van der Waals surface area contributed by atoms with Crippen molar-refractivity contribution < 1.29 is 5.11 Å². The normalized spacial score (nSPS) is 14.7. The molecule has 0 aliphatic rings. The van der Waals surface area contributed by atoms with Gasteiger partial charge in [0.05, 0.1) is 0 Å². The number of aromatic nitrogens is 4. The molecule has 0 bridgehead atoms. The summed E-state index contributed by atoms with van der Waals surface area (Å²) in [5.74, 6) is 0.820. The van der Waals surface area contributed by atoms with Crippen molar-refractivity contribution in [2.24, 2.45) is 0 Å². The highest BCUT2D eigenvalue weighted by atomic mass is 32.1. The van der Waals surface area contributed by atoms with E-state index in [0.29, 0.717) is 5.01 Å². The third kappa shape index (κ3) is 1.74. The maximum absolute atomic E-state index is 9.42. The Balaban J connectivity index is 2.59. The van der Waals surface area contributed by atoms with E-state index in [0.717, 1.165) is 10.8 Å². The topological polar surface area (TPSA) is 63.3 Å². The van der Waals surface area contributed by atoms with E-state index in [1.807, 2.05) is 0 Å². The molecule has 2 heterocycles. The molecular weight excluding hydrogens is 212 g/mol. The van der Waals surface area contributed by atoms with Gasteiger partial charge in [-0.15, -0.1) is 10.2 Å². The third-order valence-electron chi connectivity index (χ3n) is 2.03. The number of aliphatic hydroxyl groups is 1. The van der Waals surface area contributed by atoms with Gasteiger partial charge in [-0.2, -0.15) is 9.61 Å². The summed E-state index contributed by atoms with van der Waals surface area (Å²) in [5.41, 5.74) is -0.0938. The fraction of sp³-hybridized carbons (Fsp3) is 0.667. The van der Waals surface area contributed by atoms with Crippen LogP contribution in [0.3, 0.4) is 0 Å². The predicted octanol–water partition coefficient (Wildman–Crippen LogP) is 1.54. The van der Waals surface area contributed by atoms with Gasteiger partial charge in [-0.3, -0.25) is 0 Å². The van der Waals surface area contributed by atoms with Gasteiger partial charge in [0.25, 0.3) is 0 Å². The van der Waals surface area contributed by atoms with E-state index in [4.69, 9.17) is 0 Å². The second kappa shape index (κ2) is 3.24. The smallest absolute Gasteiger partial charge is 0.234 e. The molecule has 0 aromatic carbocycles. The van der Waals surface area contributed by atoms with Crippen molar-refractivity contribution in [3.8, 4) is 0 Å². The Labute approximate surface area is 91.8 Å². The number of rotatable bonds is 1. The van der Waals surface area contributed by atoms with Crippen LogP contribution in [0.2, 0.25) is 0 Å². The Morgan fingerprint density at radius 1 is 1.33 bits per heavy atom. The van der Waals surface area contributed by atoms with Crippen molar-refractivity contribution in [3.63, 3.8) is 0 Å².